The van der Waals surface area contributed by atoms with Gasteiger partial charge in [-0.05, 0) is 42.3 Å². The number of rotatable bonds is 5. The van der Waals surface area contributed by atoms with E-state index in [9.17, 15) is 18.3 Å². The second kappa shape index (κ2) is 6.60. The van der Waals surface area contributed by atoms with Crippen LogP contribution in [0.15, 0.2) is 48.5 Å². The first kappa shape index (κ1) is 17.3. The van der Waals surface area contributed by atoms with Crippen molar-refractivity contribution < 1.29 is 23.4 Å². The molecule has 0 aromatic heterocycles. The lowest BCUT2D eigenvalue weighted by Gasteiger charge is -2.25. The molecule has 124 valence electrons. The molecule has 0 aliphatic carbocycles. The lowest BCUT2D eigenvalue weighted by atomic mass is 9.94. The minimum absolute atomic E-state index is 0.0309. The van der Waals surface area contributed by atoms with Crippen LogP contribution in [-0.2, 0) is 18.4 Å². The average molecular weight is 325 g/mol. The molecule has 0 saturated carbocycles. The van der Waals surface area contributed by atoms with Gasteiger partial charge in [-0.1, -0.05) is 24.3 Å². The summed E-state index contributed by atoms with van der Waals surface area (Å²) in [4.78, 5) is 0. The van der Waals surface area contributed by atoms with Crippen molar-refractivity contribution in [2.75, 3.05) is 11.9 Å². The molecule has 0 amide bonds. The molecule has 2 aromatic rings. The zero-order valence-electron chi connectivity index (χ0n) is 12.6. The molecule has 0 spiro atoms. The van der Waals surface area contributed by atoms with Crippen LogP contribution in [0.1, 0.15) is 23.6 Å². The first-order valence-electron chi connectivity index (χ1n) is 7.06. The van der Waals surface area contributed by atoms with Gasteiger partial charge in [0, 0.05) is 12.2 Å². The zero-order valence-corrected chi connectivity index (χ0v) is 12.6. The van der Waals surface area contributed by atoms with Crippen LogP contribution in [-0.4, -0.2) is 16.8 Å². The molecule has 6 heteroatoms. The first-order valence-corrected chi connectivity index (χ1v) is 7.06. The molecule has 2 rings (SSSR count). The Kier molecular flexibility index (Phi) is 4.97. The minimum atomic E-state index is -4.45. The van der Waals surface area contributed by atoms with Gasteiger partial charge >= 0.3 is 6.18 Å². The lowest BCUT2D eigenvalue weighted by Crippen LogP contribution is -2.31. The zero-order chi connectivity index (χ0) is 17.1. The van der Waals surface area contributed by atoms with Crippen LogP contribution < -0.4 is 5.32 Å². The molecular weight excluding hydrogens is 307 g/mol. The Bertz CT molecular complexity index is 669. The maximum absolute atomic E-state index is 12.8. The Morgan fingerprint density at radius 1 is 1.00 bits per heavy atom. The van der Waals surface area contributed by atoms with Gasteiger partial charge in [0.05, 0.1) is 12.2 Å². The maximum atomic E-state index is 12.8. The van der Waals surface area contributed by atoms with Gasteiger partial charge in [-0.25, -0.2) is 0 Å². The van der Waals surface area contributed by atoms with Crippen molar-refractivity contribution in [3.8, 4) is 0 Å². The fraction of sp³-hybridized carbons (Fsp3) is 0.294. The third-order valence-electron chi connectivity index (χ3n) is 3.56. The van der Waals surface area contributed by atoms with E-state index in [2.05, 4.69) is 5.32 Å². The minimum Gasteiger partial charge on any atom is -0.392 e. The molecule has 0 saturated heterocycles. The third kappa shape index (κ3) is 4.46. The van der Waals surface area contributed by atoms with Crippen LogP contribution >= 0.6 is 0 Å². The molecule has 0 fully saturated rings. The SMILES string of the molecule is CC(O)(CNc1cccc(CO)c1)c1cccc(C(F)(F)F)c1. The Morgan fingerprint density at radius 3 is 2.30 bits per heavy atom. The van der Waals surface area contributed by atoms with Crippen LogP contribution in [0.4, 0.5) is 18.9 Å². The van der Waals surface area contributed by atoms with E-state index in [4.69, 9.17) is 5.11 Å². The Balaban J connectivity index is 2.15. The maximum Gasteiger partial charge on any atom is 0.416 e. The van der Waals surface area contributed by atoms with Crippen molar-refractivity contribution in [2.24, 2.45) is 0 Å². The van der Waals surface area contributed by atoms with Crippen molar-refractivity contribution in [1.29, 1.82) is 0 Å². The number of benzene rings is 2. The van der Waals surface area contributed by atoms with Crippen LogP contribution in [0, 0.1) is 0 Å². The highest BCUT2D eigenvalue weighted by atomic mass is 19.4. The number of hydrogen-bond acceptors (Lipinski definition) is 3. The summed E-state index contributed by atoms with van der Waals surface area (Å²) in [6.07, 6.45) is -4.45. The summed E-state index contributed by atoms with van der Waals surface area (Å²) in [5.74, 6) is 0. The number of hydrogen-bond donors (Lipinski definition) is 3. The molecule has 0 aliphatic rings. The Hall–Kier alpha value is -2.05. The molecule has 0 bridgehead atoms. The lowest BCUT2D eigenvalue weighted by molar-refractivity contribution is -0.137. The standard InChI is InChI=1S/C17H18F3NO2/c1-16(23,11-21-15-7-2-4-12(8-15)10-22)13-5-3-6-14(9-13)17(18,19)20/h2-9,21-23H,10-11H2,1H3. The Labute approximate surface area is 132 Å². The molecule has 3 N–H and O–H groups in total. The van der Waals surface area contributed by atoms with Crippen molar-refractivity contribution >= 4 is 5.69 Å². The summed E-state index contributed by atoms with van der Waals surface area (Å²) in [6.45, 7) is 1.37. The number of aliphatic hydroxyl groups excluding tert-OH is 1. The smallest absolute Gasteiger partial charge is 0.392 e. The first-order chi connectivity index (χ1) is 10.7. The summed E-state index contributed by atoms with van der Waals surface area (Å²) < 4.78 is 38.3. The van der Waals surface area contributed by atoms with E-state index in [1.165, 1.54) is 19.1 Å². The summed E-state index contributed by atoms with van der Waals surface area (Å²) in [6, 6.07) is 11.6. The summed E-state index contributed by atoms with van der Waals surface area (Å²) in [5, 5.41) is 22.5. The highest BCUT2D eigenvalue weighted by molar-refractivity contribution is 5.46. The van der Waals surface area contributed by atoms with Crippen molar-refractivity contribution in [1.82, 2.24) is 0 Å². The van der Waals surface area contributed by atoms with Crippen LogP contribution in [0.5, 0.6) is 0 Å². The third-order valence-corrected chi connectivity index (χ3v) is 3.56. The number of alkyl halides is 3. The van der Waals surface area contributed by atoms with E-state index in [0.29, 0.717) is 11.3 Å². The number of nitrogens with one attached hydrogen (secondary N) is 1. The monoisotopic (exact) mass is 325 g/mol. The number of aliphatic hydroxyl groups is 2. The Morgan fingerprint density at radius 2 is 1.65 bits per heavy atom. The molecule has 2 aromatic carbocycles. The van der Waals surface area contributed by atoms with Crippen molar-refractivity contribution in [3.05, 3.63) is 65.2 Å². The van der Waals surface area contributed by atoms with Gasteiger partial charge in [0.2, 0.25) is 0 Å². The second-order valence-corrected chi connectivity index (χ2v) is 5.56. The molecule has 1 unspecified atom stereocenters. The molecule has 0 aliphatic heterocycles. The number of anilines is 1. The van der Waals surface area contributed by atoms with Gasteiger partial charge in [0.1, 0.15) is 5.60 Å². The van der Waals surface area contributed by atoms with E-state index in [1.54, 1.807) is 24.3 Å². The average Bonchev–Trinajstić information content (AvgIpc) is 2.52. The van der Waals surface area contributed by atoms with Gasteiger partial charge in [-0.2, -0.15) is 13.2 Å². The summed E-state index contributed by atoms with van der Waals surface area (Å²) >= 11 is 0. The van der Waals surface area contributed by atoms with Crippen molar-refractivity contribution in [3.63, 3.8) is 0 Å². The van der Waals surface area contributed by atoms with Gasteiger partial charge in [-0.15, -0.1) is 0 Å². The fourth-order valence-electron chi connectivity index (χ4n) is 2.19. The van der Waals surface area contributed by atoms with Crippen LogP contribution in [0.2, 0.25) is 0 Å². The fourth-order valence-corrected chi connectivity index (χ4v) is 2.19. The molecule has 23 heavy (non-hydrogen) atoms. The highest BCUT2D eigenvalue weighted by Gasteiger charge is 2.32. The molecular formula is C17H18F3NO2. The molecule has 0 radical (unpaired) electrons. The van der Waals surface area contributed by atoms with Crippen LogP contribution in [0.25, 0.3) is 0 Å². The van der Waals surface area contributed by atoms with Gasteiger partial charge < -0.3 is 15.5 Å². The molecule has 1 atom stereocenters. The van der Waals surface area contributed by atoms with E-state index in [1.807, 2.05) is 0 Å². The van der Waals surface area contributed by atoms with E-state index >= 15 is 0 Å². The van der Waals surface area contributed by atoms with Gasteiger partial charge in [-0.3, -0.25) is 0 Å². The normalized spacial score (nSPS) is 14.3. The topological polar surface area (TPSA) is 52.5 Å². The highest BCUT2D eigenvalue weighted by Crippen LogP contribution is 2.32. The predicted octanol–water partition coefficient (Wildman–Crippen LogP) is 3.52. The van der Waals surface area contributed by atoms with E-state index < -0.39 is 17.3 Å². The summed E-state index contributed by atoms with van der Waals surface area (Å²) in [5.41, 5.74) is -0.718. The summed E-state index contributed by atoms with van der Waals surface area (Å²) in [7, 11) is 0. The van der Waals surface area contributed by atoms with E-state index in [-0.39, 0.29) is 18.7 Å². The molecule has 3 nitrogen and oxygen atoms in total. The van der Waals surface area contributed by atoms with E-state index in [0.717, 1.165) is 12.1 Å². The predicted molar refractivity (Wildman–Crippen MR) is 81.9 cm³/mol. The largest absolute Gasteiger partial charge is 0.416 e. The van der Waals surface area contributed by atoms with Crippen LogP contribution in [0.3, 0.4) is 0 Å². The van der Waals surface area contributed by atoms with Crippen molar-refractivity contribution in [2.45, 2.75) is 25.3 Å². The number of halogens is 3. The molecule has 0 heterocycles. The van der Waals surface area contributed by atoms with Gasteiger partial charge in [0.25, 0.3) is 0 Å². The van der Waals surface area contributed by atoms with Gasteiger partial charge in [0.15, 0.2) is 0 Å². The second-order valence-electron chi connectivity index (χ2n) is 5.56. The quantitative estimate of drug-likeness (QED) is 0.788.